The first kappa shape index (κ1) is 9.44. The maximum atomic E-state index is 9.24. The van der Waals surface area contributed by atoms with E-state index in [1.807, 2.05) is 13.8 Å². The van der Waals surface area contributed by atoms with Gasteiger partial charge in [0.05, 0.1) is 6.20 Å². The smallest absolute Gasteiger partial charge is 0.163 e. The zero-order valence-electron chi connectivity index (χ0n) is 7.57. The van der Waals surface area contributed by atoms with Gasteiger partial charge in [0.15, 0.2) is 5.75 Å². The summed E-state index contributed by atoms with van der Waals surface area (Å²) in [6.45, 7) is 3.85. The summed E-state index contributed by atoms with van der Waals surface area (Å²) in [7, 11) is 0. The van der Waals surface area contributed by atoms with Gasteiger partial charge < -0.3 is 10.8 Å². The molecule has 0 radical (unpaired) electrons. The van der Waals surface area contributed by atoms with Crippen LogP contribution in [0.2, 0.25) is 0 Å². The lowest BCUT2D eigenvalue weighted by Crippen LogP contribution is -2.15. The number of nitrogens with zero attached hydrogens (tertiary/aromatic N) is 2. The van der Waals surface area contributed by atoms with E-state index in [1.165, 1.54) is 6.20 Å². The number of rotatable bonds is 2. The van der Waals surface area contributed by atoms with E-state index < -0.39 is 0 Å². The Labute approximate surface area is 76.1 Å². The van der Waals surface area contributed by atoms with Gasteiger partial charge in [-0.25, -0.2) is 9.97 Å². The molecule has 1 aromatic heterocycles. The summed E-state index contributed by atoms with van der Waals surface area (Å²) in [4.78, 5) is 7.87. The predicted molar refractivity (Wildman–Crippen MR) is 48.8 cm³/mol. The Morgan fingerprint density at radius 1 is 1.62 bits per heavy atom. The Morgan fingerprint density at radius 3 is 2.69 bits per heavy atom. The molecule has 0 aliphatic carbocycles. The van der Waals surface area contributed by atoms with Crippen molar-refractivity contribution in [2.24, 2.45) is 5.73 Å². The Bertz CT molecular complexity index is 335. The first-order valence-corrected chi connectivity index (χ1v) is 3.92. The largest absolute Gasteiger partial charge is 0.504 e. The van der Waals surface area contributed by atoms with Gasteiger partial charge in [0.25, 0.3) is 0 Å². The molecule has 0 spiro atoms. The van der Waals surface area contributed by atoms with Crippen LogP contribution in [-0.2, 0) is 0 Å². The highest BCUT2D eigenvalue weighted by atomic mass is 16.3. The molecule has 0 aliphatic rings. The third-order valence-corrected chi connectivity index (χ3v) is 1.56. The second kappa shape index (κ2) is 3.38. The Morgan fingerprint density at radius 2 is 2.23 bits per heavy atom. The van der Waals surface area contributed by atoms with E-state index in [0.717, 1.165) is 0 Å². The van der Waals surface area contributed by atoms with Gasteiger partial charge in [-0.3, -0.25) is 5.41 Å². The van der Waals surface area contributed by atoms with Gasteiger partial charge >= 0.3 is 0 Å². The van der Waals surface area contributed by atoms with Crippen LogP contribution in [-0.4, -0.2) is 20.9 Å². The molecule has 5 heteroatoms. The number of hydrogen-bond acceptors (Lipinski definition) is 4. The molecule has 1 heterocycles. The third-order valence-electron chi connectivity index (χ3n) is 1.56. The Kier molecular flexibility index (Phi) is 2.46. The zero-order valence-corrected chi connectivity index (χ0v) is 7.57. The highest BCUT2D eigenvalue weighted by Gasteiger charge is 2.10. The van der Waals surface area contributed by atoms with Gasteiger partial charge in [0, 0.05) is 5.92 Å². The Balaban J connectivity index is 3.19. The van der Waals surface area contributed by atoms with E-state index in [0.29, 0.717) is 5.82 Å². The number of nitrogens with one attached hydrogen (secondary N) is 1. The highest BCUT2D eigenvalue weighted by Crippen LogP contribution is 2.15. The normalized spacial score (nSPS) is 10.4. The minimum Gasteiger partial charge on any atom is -0.504 e. The van der Waals surface area contributed by atoms with Crippen molar-refractivity contribution < 1.29 is 5.11 Å². The van der Waals surface area contributed by atoms with E-state index in [1.54, 1.807) is 0 Å². The fourth-order valence-corrected chi connectivity index (χ4v) is 0.865. The molecule has 13 heavy (non-hydrogen) atoms. The number of aromatic nitrogens is 2. The minimum atomic E-state index is -0.248. The second-order valence-electron chi connectivity index (χ2n) is 3.03. The van der Waals surface area contributed by atoms with Crippen molar-refractivity contribution in [3.8, 4) is 5.75 Å². The first-order valence-electron chi connectivity index (χ1n) is 3.92. The van der Waals surface area contributed by atoms with Crippen molar-refractivity contribution in [1.82, 2.24) is 9.97 Å². The summed E-state index contributed by atoms with van der Waals surface area (Å²) in [5.41, 5.74) is 5.31. The fourth-order valence-electron chi connectivity index (χ4n) is 0.865. The van der Waals surface area contributed by atoms with Crippen molar-refractivity contribution in [1.29, 1.82) is 5.41 Å². The van der Waals surface area contributed by atoms with Gasteiger partial charge in [0.2, 0.25) is 0 Å². The van der Waals surface area contributed by atoms with E-state index in [-0.39, 0.29) is 23.2 Å². The highest BCUT2D eigenvalue weighted by molar-refractivity contribution is 5.95. The number of hydrogen-bond donors (Lipinski definition) is 3. The van der Waals surface area contributed by atoms with Crippen molar-refractivity contribution in [3.05, 3.63) is 17.7 Å². The van der Waals surface area contributed by atoms with Gasteiger partial charge in [-0.15, -0.1) is 0 Å². The summed E-state index contributed by atoms with van der Waals surface area (Å²) in [6.07, 6.45) is 1.26. The van der Waals surface area contributed by atoms with Crippen LogP contribution in [0.25, 0.3) is 0 Å². The molecule has 0 aromatic carbocycles. The predicted octanol–water partition coefficient (Wildman–Crippen LogP) is 0.590. The average molecular weight is 180 g/mol. The number of nitrogen functional groups attached to an aromatic ring is 1. The van der Waals surface area contributed by atoms with Crippen LogP contribution in [0.3, 0.4) is 0 Å². The van der Waals surface area contributed by atoms with Crippen LogP contribution < -0.4 is 5.73 Å². The van der Waals surface area contributed by atoms with Gasteiger partial charge in [-0.2, -0.15) is 0 Å². The molecule has 0 saturated carbocycles. The van der Waals surface area contributed by atoms with Crippen LogP contribution >= 0.6 is 0 Å². The van der Waals surface area contributed by atoms with Crippen LogP contribution in [0.15, 0.2) is 6.20 Å². The quantitative estimate of drug-likeness (QED) is 0.458. The average Bonchev–Trinajstić information content (AvgIpc) is 2.04. The lowest BCUT2D eigenvalue weighted by atomic mass is 10.2. The molecule has 0 atom stereocenters. The van der Waals surface area contributed by atoms with E-state index in [2.05, 4.69) is 9.97 Å². The molecule has 0 aliphatic heterocycles. The molecule has 0 fully saturated rings. The van der Waals surface area contributed by atoms with Crippen LogP contribution in [0.1, 0.15) is 31.3 Å². The standard InChI is InChI=1S/C8H12N4O/c1-4(2)8-11-3-5(13)6(12-8)7(9)10/h3-4,13H,1-2H3,(H3,9,10). The molecule has 1 rings (SSSR count). The minimum absolute atomic E-state index is 0.0960. The summed E-state index contributed by atoms with van der Waals surface area (Å²) in [6, 6.07) is 0. The molecule has 4 N–H and O–H groups in total. The molecule has 0 bridgehead atoms. The number of amidine groups is 1. The molecule has 5 nitrogen and oxygen atoms in total. The maximum absolute atomic E-state index is 9.24. The van der Waals surface area contributed by atoms with E-state index in [9.17, 15) is 5.11 Å². The monoisotopic (exact) mass is 180 g/mol. The van der Waals surface area contributed by atoms with Crippen molar-refractivity contribution in [2.75, 3.05) is 0 Å². The topological polar surface area (TPSA) is 95.9 Å². The first-order chi connectivity index (χ1) is 6.02. The third kappa shape index (κ3) is 1.93. The van der Waals surface area contributed by atoms with Crippen LogP contribution in [0.4, 0.5) is 0 Å². The van der Waals surface area contributed by atoms with Crippen LogP contribution in [0.5, 0.6) is 5.75 Å². The second-order valence-corrected chi connectivity index (χ2v) is 3.03. The van der Waals surface area contributed by atoms with Crippen LogP contribution in [0, 0.1) is 5.41 Å². The summed E-state index contributed by atoms with van der Waals surface area (Å²) in [5, 5.41) is 16.4. The molecule has 1 aromatic rings. The fraction of sp³-hybridized carbons (Fsp3) is 0.375. The molecule has 0 unspecified atom stereocenters. The van der Waals surface area contributed by atoms with Crippen molar-refractivity contribution in [3.63, 3.8) is 0 Å². The molecule has 0 amide bonds. The zero-order chi connectivity index (χ0) is 10.0. The number of nitrogens with two attached hydrogens (primary N) is 1. The summed E-state index contributed by atoms with van der Waals surface area (Å²) >= 11 is 0. The summed E-state index contributed by atoms with van der Waals surface area (Å²) in [5.74, 6) is 0.320. The lowest BCUT2D eigenvalue weighted by Gasteiger charge is -2.06. The van der Waals surface area contributed by atoms with Gasteiger partial charge in [-0.1, -0.05) is 13.8 Å². The SMILES string of the molecule is CC(C)c1ncc(O)c(C(=N)N)n1. The van der Waals surface area contributed by atoms with Crippen molar-refractivity contribution >= 4 is 5.84 Å². The molecule has 70 valence electrons. The maximum Gasteiger partial charge on any atom is 0.163 e. The van der Waals surface area contributed by atoms with E-state index >= 15 is 0 Å². The van der Waals surface area contributed by atoms with E-state index in [4.69, 9.17) is 11.1 Å². The lowest BCUT2D eigenvalue weighted by molar-refractivity contribution is 0.466. The molecule has 0 saturated heterocycles. The molecular formula is C8H12N4O. The Hall–Kier alpha value is -1.65. The van der Waals surface area contributed by atoms with Crippen molar-refractivity contribution in [2.45, 2.75) is 19.8 Å². The van der Waals surface area contributed by atoms with Gasteiger partial charge in [0.1, 0.15) is 17.4 Å². The summed E-state index contributed by atoms with van der Waals surface area (Å²) < 4.78 is 0. The van der Waals surface area contributed by atoms with Gasteiger partial charge in [-0.05, 0) is 0 Å². The molecular weight excluding hydrogens is 168 g/mol. The number of aromatic hydroxyl groups is 1.